The van der Waals surface area contributed by atoms with Gasteiger partial charge < -0.3 is 10.6 Å². The van der Waals surface area contributed by atoms with Crippen LogP contribution in [-0.4, -0.2) is 6.03 Å². The predicted molar refractivity (Wildman–Crippen MR) is 75.4 cm³/mol. The molecule has 0 saturated heterocycles. The molecule has 0 radical (unpaired) electrons. The molecule has 10 heteroatoms. The van der Waals surface area contributed by atoms with E-state index in [0.29, 0.717) is 6.07 Å². The molecule has 2 amide bonds. The summed E-state index contributed by atoms with van der Waals surface area (Å²) in [5.74, 6) is -3.52. The summed E-state index contributed by atoms with van der Waals surface area (Å²) in [7, 11) is 0. The van der Waals surface area contributed by atoms with E-state index in [2.05, 4.69) is 0 Å². The number of anilines is 2. The first-order valence-electron chi connectivity index (χ1n) is 6.18. The minimum absolute atomic E-state index is 0.155. The minimum Gasteiger partial charge on any atom is -0.306 e. The van der Waals surface area contributed by atoms with Gasteiger partial charge in [0.05, 0.1) is 16.3 Å². The number of carbonyl (C=O) groups is 1. The van der Waals surface area contributed by atoms with Crippen LogP contribution >= 0.6 is 11.6 Å². The number of carbonyl (C=O) groups excluding carboxylic acids is 1. The Morgan fingerprint density at radius 3 is 2.12 bits per heavy atom. The molecule has 2 aromatic carbocycles. The maximum Gasteiger partial charge on any atom is 0.418 e. The van der Waals surface area contributed by atoms with Crippen molar-refractivity contribution < 1.29 is 31.1 Å². The van der Waals surface area contributed by atoms with E-state index in [9.17, 15) is 31.1 Å². The molecule has 2 rings (SSSR count). The Morgan fingerprint density at radius 2 is 1.58 bits per heavy atom. The Bertz CT molecular complexity index is 773. The lowest BCUT2D eigenvalue weighted by Gasteiger charge is -2.14. The van der Waals surface area contributed by atoms with E-state index in [4.69, 9.17) is 11.6 Å². The SMILES string of the molecule is O=C(Nc1cc(F)cc(C(F)(F)F)c1Cl)Nc1c(F)cccc1F. The molecule has 0 aliphatic heterocycles. The summed E-state index contributed by atoms with van der Waals surface area (Å²) in [6.07, 6.45) is -4.95. The molecule has 24 heavy (non-hydrogen) atoms. The van der Waals surface area contributed by atoms with Gasteiger partial charge in [-0.1, -0.05) is 17.7 Å². The smallest absolute Gasteiger partial charge is 0.306 e. The van der Waals surface area contributed by atoms with Crippen LogP contribution in [0.3, 0.4) is 0 Å². The number of urea groups is 1. The molecule has 0 bridgehead atoms. The number of hydrogen-bond donors (Lipinski definition) is 2. The highest BCUT2D eigenvalue weighted by molar-refractivity contribution is 6.34. The van der Waals surface area contributed by atoms with Gasteiger partial charge in [-0.25, -0.2) is 18.0 Å². The summed E-state index contributed by atoms with van der Waals surface area (Å²) in [5, 5.41) is 2.62. The zero-order valence-electron chi connectivity index (χ0n) is 11.4. The van der Waals surface area contributed by atoms with Gasteiger partial charge >= 0.3 is 12.2 Å². The van der Waals surface area contributed by atoms with Gasteiger partial charge in [-0.3, -0.25) is 0 Å². The molecule has 0 fully saturated rings. The van der Waals surface area contributed by atoms with Gasteiger partial charge in [0.1, 0.15) is 23.1 Å². The van der Waals surface area contributed by atoms with Crippen LogP contribution in [0, 0.1) is 17.5 Å². The van der Waals surface area contributed by atoms with Crippen LogP contribution in [0.15, 0.2) is 30.3 Å². The molecule has 3 nitrogen and oxygen atoms in total. The molecule has 0 aliphatic carbocycles. The average molecular weight is 369 g/mol. The van der Waals surface area contributed by atoms with Gasteiger partial charge in [-0.15, -0.1) is 0 Å². The summed E-state index contributed by atoms with van der Waals surface area (Å²) in [6.45, 7) is 0. The second-order valence-electron chi connectivity index (χ2n) is 4.49. The third kappa shape index (κ3) is 3.91. The molecule has 2 N–H and O–H groups in total. The summed E-state index contributed by atoms with van der Waals surface area (Å²) in [4.78, 5) is 11.7. The number of amides is 2. The third-order valence-corrected chi connectivity index (χ3v) is 3.20. The zero-order chi connectivity index (χ0) is 18.1. The van der Waals surface area contributed by atoms with Crippen LogP contribution in [0.1, 0.15) is 5.56 Å². The summed E-state index contributed by atoms with van der Waals surface area (Å²) < 4.78 is 78.2. The Labute approximate surface area is 136 Å². The molecule has 128 valence electrons. The first-order chi connectivity index (χ1) is 11.1. The van der Waals surface area contributed by atoms with E-state index < -0.39 is 51.6 Å². The third-order valence-electron chi connectivity index (χ3n) is 2.79. The Balaban J connectivity index is 2.28. The van der Waals surface area contributed by atoms with Crippen LogP contribution in [-0.2, 0) is 6.18 Å². The molecule has 0 atom stereocenters. The van der Waals surface area contributed by atoms with Crippen molar-refractivity contribution in [2.75, 3.05) is 10.6 Å². The van der Waals surface area contributed by atoms with E-state index >= 15 is 0 Å². The fourth-order valence-corrected chi connectivity index (χ4v) is 2.03. The second kappa shape index (κ2) is 6.60. The highest BCUT2D eigenvalue weighted by Gasteiger charge is 2.35. The molecule has 0 aliphatic rings. The summed E-state index contributed by atoms with van der Waals surface area (Å²) >= 11 is 5.50. The number of rotatable bonds is 2. The summed E-state index contributed by atoms with van der Waals surface area (Å²) in [5.41, 5.74) is -3.03. The van der Waals surface area contributed by atoms with E-state index in [1.165, 1.54) is 0 Å². The average Bonchev–Trinajstić information content (AvgIpc) is 2.45. The number of benzene rings is 2. The maximum absolute atomic E-state index is 13.4. The van der Waals surface area contributed by atoms with Crippen LogP contribution < -0.4 is 10.6 Å². The van der Waals surface area contributed by atoms with Gasteiger partial charge in [-0.05, 0) is 24.3 Å². The van der Waals surface area contributed by atoms with E-state index in [0.717, 1.165) is 18.2 Å². The van der Waals surface area contributed by atoms with Crippen molar-refractivity contribution in [3.05, 3.63) is 58.4 Å². The number of halogens is 7. The minimum atomic E-state index is -4.95. The van der Waals surface area contributed by atoms with E-state index in [1.807, 2.05) is 5.32 Å². The van der Waals surface area contributed by atoms with Crippen molar-refractivity contribution in [1.82, 2.24) is 0 Å². The number of nitrogens with one attached hydrogen (secondary N) is 2. The first kappa shape index (κ1) is 17.9. The van der Waals surface area contributed by atoms with Gasteiger partial charge in [0.25, 0.3) is 0 Å². The van der Waals surface area contributed by atoms with Gasteiger partial charge in [0.15, 0.2) is 0 Å². The standard InChI is InChI=1S/C14H7ClF6N2O/c15-11-7(14(19,20)21)4-6(16)5-10(11)22-13(24)23-12-8(17)2-1-3-9(12)18/h1-5H,(H2,22,23,24). The van der Waals surface area contributed by atoms with Crippen LogP contribution in [0.4, 0.5) is 42.5 Å². The molecule has 0 spiro atoms. The lowest BCUT2D eigenvalue weighted by atomic mass is 10.2. The van der Waals surface area contributed by atoms with Crippen LogP contribution in [0.25, 0.3) is 0 Å². The van der Waals surface area contributed by atoms with E-state index in [-0.39, 0.29) is 6.07 Å². The number of hydrogen-bond acceptors (Lipinski definition) is 1. The molecule has 0 aromatic heterocycles. The lowest BCUT2D eigenvalue weighted by molar-refractivity contribution is -0.137. The predicted octanol–water partition coefficient (Wildman–Crippen LogP) is 5.42. The van der Waals surface area contributed by atoms with Gasteiger partial charge in [0.2, 0.25) is 0 Å². The number of alkyl halides is 3. The van der Waals surface area contributed by atoms with Crippen LogP contribution in [0.5, 0.6) is 0 Å². The molecule has 0 unspecified atom stereocenters. The largest absolute Gasteiger partial charge is 0.418 e. The first-order valence-corrected chi connectivity index (χ1v) is 6.55. The molecular formula is C14H7ClF6N2O. The topological polar surface area (TPSA) is 41.1 Å². The molecule has 0 heterocycles. The van der Waals surface area contributed by atoms with Crippen molar-refractivity contribution in [3.8, 4) is 0 Å². The normalized spacial score (nSPS) is 11.3. The van der Waals surface area contributed by atoms with Crippen molar-refractivity contribution >= 4 is 29.0 Å². The fraction of sp³-hybridized carbons (Fsp3) is 0.0714. The van der Waals surface area contributed by atoms with Crippen molar-refractivity contribution in [2.45, 2.75) is 6.18 Å². The monoisotopic (exact) mass is 368 g/mol. The Hall–Kier alpha value is -2.42. The van der Waals surface area contributed by atoms with Gasteiger partial charge in [-0.2, -0.15) is 13.2 Å². The number of para-hydroxylation sites is 1. The molecular weight excluding hydrogens is 362 g/mol. The van der Waals surface area contributed by atoms with E-state index in [1.54, 1.807) is 5.32 Å². The quantitative estimate of drug-likeness (QED) is 0.683. The van der Waals surface area contributed by atoms with Crippen molar-refractivity contribution in [2.24, 2.45) is 0 Å². The second-order valence-corrected chi connectivity index (χ2v) is 4.87. The van der Waals surface area contributed by atoms with Crippen molar-refractivity contribution in [1.29, 1.82) is 0 Å². The Morgan fingerprint density at radius 1 is 1.00 bits per heavy atom. The zero-order valence-corrected chi connectivity index (χ0v) is 12.2. The van der Waals surface area contributed by atoms with Crippen molar-refractivity contribution in [3.63, 3.8) is 0 Å². The molecule has 0 saturated carbocycles. The highest BCUT2D eigenvalue weighted by atomic mass is 35.5. The lowest BCUT2D eigenvalue weighted by Crippen LogP contribution is -2.22. The molecule has 2 aromatic rings. The summed E-state index contributed by atoms with van der Waals surface area (Å²) in [6, 6.07) is 2.15. The maximum atomic E-state index is 13.4. The van der Waals surface area contributed by atoms with Crippen LogP contribution in [0.2, 0.25) is 5.02 Å². The Kier molecular flexibility index (Phi) is 4.93. The highest BCUT2D eigenvalue weighted by Crippen LogP contribution is 2.39. The van der Waals surface area contributed by atoms with Gasteiger partial charge in [0, 0.05) is 0 Å². The fourth-order valence-electron chi connectivity index (χ4n) is 1.77.